The number of allylic oxidation sites excluding steroid dienone is 4. The minimum absolute atomic E-state index is 0.721. The summed E-state index contributed by atoms with van der Waals surface area (Å²) in [4.78, 5) is 2.22. The van der Waals surface area contributed by atoms with Gasteiger partial charge in [-0.3, -0.25) is 0 Å². The van der Waals surface area contributed by atoms with E-state index in [1.54, 1.807) is 0 Å². The molecule has 1 saturated heterocycles. The summed E-state index contributed by atoms with van der Waals surface area (Å²) in [5.74, 6) is 0. The number of ether oxygens (including phenoxy) is 1. The molecule has 0 saturated carbocycles. The van der Waals surface area contributed by atoms with Gasteiger partial charge in [0.25, 0.3) is 0 Å². The van der Waals surface area contributed by atoms with E-state index in [4.69, 9.17) is 4.74 Å². The van der Waals surface area contributed by atoms with Crippen molar-refractivity contribution >= 4 is 0 Å². The average molecular weight is 133 g/mol. The van der Waals surface area contributed by atoms with Crippen LogP contribution in [0.25, 0.3) is 0 Å². The lowest BCUT2D eigenvalue weighted by Gasteiger charge is -2.13. The predicted octanol–water partition coefficient (Wildman–Crippen LogP) is 1.35. The van der Waals surface area contributed by atoms with Crippen molar-refractivity contribution in [3.05, 3.63) is 35.4 Å². The Morgan fingerprint density at radius 2 is 2.40 bits per heavy atom. The molecule has 2 bridgehead atoms. The lowest BCUT2D eigenvalue weighted by molar-refractivity contribution is 0.195. The molecule has 3 rings (SSSR count). The second-order valence-electron chi connectivity index (χ2n) is 2.75. The highest BCUT2D eigenvalue weighted by atomic mass is 16.5. The maximum atomic E-state index is 5.17. The Kier molecular flexibility index (Phi) is 0.592. The molecule has 0 aromatic heterocycles. The number of hydrogen-bond acceptors (Lipinski definition) is 2. The van der Waals surface area contributed by atoms with Gasteiger partial charge in [-0.25, -0.2) is 0 Å². The predicted molar refractivity (Wildman–Crippen MR) is 36.7 cm³/mol. The van der Waals surface area contributed by atoms with Gasteiger partial charge in [-0.1, -0.05) is 6.08 Å². The van der Waals surface area contributed by atoms with Crippen molar-refractivity contribution in [2.24, 2.45) is 0 Å². The third-order valence-electron chi connectivity index (χ3n) is 2.21. The molecule has 1 aliphatic carbocycles. The van der Waals surface area contributed by atoms with Crippen LogP contribution in [0.4, 0.5) is 0 Å². The van der Waals surface area contributed by atoms with Gasteiger partial charge in [-0.15, -0.1) is 0 Å². The first-order chi connectivity index (χ1) is 4.95. The van der Waals surface area contributed by atoms with Crippen LogP contribution in [0, 0.1) is 0 Å². The van der Waals surface area contributed by atoms with Crippen molar-refractivity contribution in [2.45, 2.75) is 6.42 Å². The van der Waals surface area contributed by atoms with Crippen LogP contribution < -0.4 is 0 Å². The Bertz CT molecular complexity index is 286. The van der Waals surface area contributed by atoms with Gasteiger partial charge in [0.1, 0.15) is 6.26 Å². The summed E-state index contributed by atoms with van der Waals surface area (Å²) in [5, 5.41) is 0. The first-order valence-corrected chi connectivity index (χ1v) is 3.44. The quantitative estimate of drug-likeness (QED) is 0.494. The summed E-state index contributed by atoms with van der Waals surface area (Å²) < 4.78 is 5.17. The Labute approximate surface area is 59.1 Å². The molecule has 0 aromatic rings. The third-order valence-corrected chi connectivity index (χ3v) is 2.21. The van der Waals surface area contributed by atoms with Gasteiger partial charge in [0.05, 0.1) is 5.70 Å². The normalized spacial score (nSPS) is 25.6. The van der Waals surface area contributed by atoms with Gasteiger partial charge in [-0.2, -0.15) is 0 Å². The molecule has 3 aliphatic rings. The molecule has 0 aromatic carbocycles. The standard InChI is InChI=1S/C8H7NO/c1-2-7-3-6(1)8-4-10-5-9(7)8/h1-2,4H,3,5H2. The zero-order chi connectivity index (χ0) is 6.55. The lowest BCUT2D eigenvalue weighted by atomic mass is 10.2. The number of hydrogen-bond donors (Lipinski definition) is 0. The fraction of sp³-hybridized carbons (Fsp3) is 0.250. The molecule has 0 N–H and O–H groups in total. The zero-order valence-corrected chi connectivity index (χ0v) is 5.50. The van der Waals surface area contributed by atoms with Crippen LogP contribution in [0.5, 0.6) is 0 Å². The number of nitrogens with zero attached hydrogens (tertiary/aromatic N) is 1. The van der Waals surface area contributed by atoms with E-state index in [1.165, 1.54) is 17.0 Å². The van der Waals surface area contributed by atoms with E-state index >= 15 is 0 Å². The van der Waals surface area contributed by atoms with Gasteiger partial charge >= 0.3 is 0 Å². The van der Waals surface area contributed by atoms with Crippen LogP contribution in [-0.2, 0) is 4.74 Å². The minimum Gasteiger partial charge on any atom is -0.478 e. The minimum atomic E-state index is 0.721. The van der Waals surface area contributed by atoms with E-state index in [-0.39, 0.29) is 0 Å². The maximum absolute atomic E-state index is 5.17. The van der Waals surface area contributed by atoms with Crippen molar-refractivity contribution in [1.29, 1.82) is 0 Å². The molecular weight excluding hydrogens is 126 g/mol. The molecular formula is C8H7NO. The molecule has 1 fully saturated rings. The summed E-state index contributed by atoms with van der Waals surface area (Å²) >= 11 is 0. The summed E-state index contributed by atoms with van der Waals surface area (Å²) in [6.07, 6.45) is 7.31. The maximum Gasteiger partial charge on any atom is 0.164 e. The first-order valence-electron chi connectivity index (χ1n) is 3.44. The van der Waals surface area contributed by atoms with Crippen molar-refractivity contribution in [1.82, 2.24) is 4.90 Å². The fourth-order valence-corrected chi connectivity index (χ4v) is 1.68. The Hall–Kier alpha value is -1.18. The van der Waals surface area contributed by atoms with Crippen LogP contribution in [0.15, 0.2) is 35.4 Å². The van der Waals surface area contributed by atoms with Crippen LogP contribution >= 0.6 is 0 Å². The average Bonchev–Trinajstić information content (AvgIpc) is 2.60. The fourth-order valence-electron chi connectivity index (χ4n) is 1.68. The largest absolute Gasteiger partial charge is 0.478 e. The molecule has 0 atom stereocenters. The highest BCUT2D eigenvalue weighted by Crippen LogP contribution is 2.41. The van der Waals surface area contributed by atoms with Crippen LogP contribution in [0.2, 0.25) is 0 Å². The summed E-state index contributed by atoms with van der Waals surface area (Å²) in [6.45, 7) is 0.721. The lowest BCUT2D eigenvalue weighted by Crippen LogP contribution is -2.13. The zero-order valence-electron chi connectivity index (χ0n) is 5.50. The summed E-state index contributed by atoms with van der Waals surface area (Å²) in [6, 6.07) is 0. The van der Waals surface area contributed by atoms with Crippen molar-refractivity contribution in [3.8, 4) is 0 Å². The molecule has 0 amide bonds. The van der Waals surface area contributed by atoms with E-state index in [9.17, 15) is 0 Å². The van der Waals surface area contributed by atoms with Crippen molar-refractivity contribution in [3.63, 3.8) is 0 Å². The second kappa shape index (κ2) is 1.29. The smallest absolute Gasteiger partial charge is 0.164 e. The van der Waals surface area contributed by atoms with E-state index in [0.717, 1.165) is 13.2 Å². The van der Waals surface area contributed by atoms with Crippen molar-refractivity contribution in [2.75, 3.05) is 6.73 Å². The molecule has 10 heavy (non-hydrogen) atoms. The second-order valence-corrected chi connectivity index (χ2v) is 2.75. The highest BCUT2D eigenvalue weighted by molar-refractivity contribution is 5.50. The van der Waals surface area contributed by atoms with Gasteiger partial charge in [0.15, 0.2) is 6.73 Å². The van der Waals surface area contributed by atoms with Crippen LogP contribution in [0.1, 0.15) is 6.42 Å². The van der Waals surface area contributed by atoms with E-state index < -0.39 is 0 Å². The molecule has 2 heteroatoms. The Balaban J connectivity index is 2.20. The van der Waals surface area contributed by atoms with Gasteiger partial charge < -0.3 is 9.64 Å². The molecule has 50 valence electrons. The highest BCUT2D eigenvalue weighted by Gasteiger charge is 2.33. The summed E-state index contributed by atoms with van der Waals surface area (Å²) in [7, 11) is 0. The molecule has 0 unspecified atom stereocenters. The number of rotatable bonds is 0. The van der Waals surface area contributed by atoms with Gasteiger partial charge in [0, 0.05) is 12.1 Å². The third kappa shape index (κ3) is 0.347. The summed E-state index contributed by atoms with van der Waals surface area (Å²) in [5.41, 5.74) is 4.07. The number of fused-ring (bicyclic) bond motifs is 5. The van der Waals surface area contributed by atoms with E-state index in [0.29, 0.717) is 0 Å². The Morgan fingerprint density at radius 3 is 3.30 bits per heavy atom. The van der Waals surface area contributed by atoms with Crippen LogP contribution in [-0.4, -0.2) is 11.6 Å². The molecule has 0 radical (unpaired) electrons. The van der Waals surface area contributed by atoms with E-state index in [1.807, 2.05) is 6.26 Å². The molecule has 2 nitrogen and oxygen atoms in total. The van der Waals surface area contributed by atoms with Gasteiger partial charge in [-0.05, 0) is 11.6 Å². The molecule has 2 heterocycles. The SMILES string of the molecule is C1=C2CC(=C1)N1COC=C21. The molecule has 0 spiro atoms. The Morgan fingerprint density at radius 1 is 1.40 bits per heavy atom. The first kappa shape index (κ1) is 4.61. The van der Waals surface area contributed by atoms with Gasteiger partial charge in [0.2, 0.25) is 0 Å². The van der Waals surface area contributed by atoms with Crippen molar-refractivity contribution < 1.29 is 4.74 Å². The monoisotopic (exact) mass is 133 g/mol. The van der Waals surface area contributed by atoms with Crippen LogP contribution in [0.3, 0.4) is 0 Å². The topological polar surface area (TPSA) is 12.5 Å². The van der Waals surface area contributed by atoms with E-state index in [2.05, 4.69) is 17.1 Å². The molecule has 2 aliphatic heterocycles.